The zero-order valence-electron chi connectivity index (χ0n) is 14.6. The van der Waals surface area contributed by atoms with Crippen LogP contribution < -0.4 is 0 Å². The molecule has 0 amide bonds. The Balaban J connectivity index is 1.61. The van der Waals surface area contributed by atoms with E-state index in [0.717, 1.165) is 37.9 Å². The van der Waals surface area contributed by atoms with E-state index in [1.54, 1.807) is 30.9 Å². The highest BCUT2D eigenvalue weighted by Crippen LogP contribution is 2.38. The second-order valence-corrected chi connectivity index (χ2v) is 7.39. The minimum absolute atomic E-state index is 0.413. The molecule has 5 rings (SSSR count). The average molecular weight is 406 g/mol. The van der Waals surface area contributed by atoms with Gasteiger partial charge in [-0.15, -0.1) is 11.3 Å². The van der Waals surface area contributed by atoms with Crippen molar-refractivity contribution in [2.45, 2.75) is 0 Å². The van der Waals surface area contributed by atoms with Gasteiger partial charge >= 0.3 is 0 Å². The molecule has 0 unspecified atom stereocenters. The molecule has 28 heavy (non-hydrogen) atoms. The lowest BCUT2D eigenvalue weighted by atomic mass is 10.2. The van der Waals surface area contributed by atoms with E-state index in [4.69, 9.17) is 16.6 Å². The zero-order chi connectivity index (χ0) is 19.1. The molecule has 0 saturated heterocycles. The number of aryl methyl sites for hydroxylation is 1. The highest BCUT2D eigenvalue weighted by molar-refractivity contribution is 7.19. The van der Waals surface area contributed by atoms with Crippen molar-refractivity contribution < 1.29 is 0 Å². The Hall–Kier alpha value is -3.23. The molecule has 5 aromatic rings. The number of pyridine rings is 1. The van der Waals surface area contributed by atoms with Crippen LogP contribution in [0.1, 0.15) is 0 Å². The third kappa shape index (κ3) is 2.83. The minimum Gasteiger partial charge on any atom is -0.326 e. The van der Waals surface area contributed by atoms with Gasteiger partial charge in [0, 0.05) is 42.8 Å². The van der Waals surface area contributed by atoms with Gasteiger partial charge in [0.15, 0.2) is 5.82 Å². The monoisotopic (exact) mass is 405 g/mol. The fraction of sp³-hybridized carbons (Fsp3) is 0.0526. The first kappa shape index (κ1) is 16.9. The van der Waals surface area contributed by atoms with Crippen LogP contribution in [0, 0.1) is 0 Å². The molecule has 0 radical (unpaired) electrons. The Bertz CT molecular complexity index is 1280. The normalized spacial score (nSPS) is 11.2. The summed E-state index contributed by atoms with van der Waals surface area (Å²) in [4.78, 5) is 26.8. The van der Waals surface area contributed by atoms with Crippen molar-refractivity contribution in [3.8, 4) is 32.7 Å². The summed E-state index contributed by atoms with van der Waals surface area (Å²) >= 11 is 7.88. The number of hydrogen-bond acceptors (Lipinski definition) is 7. The van der Waals surface area contributed by atoms with Crippen molar-refractivity contribution in [1.82, 2.24) is 34.5 Å². The Morgan fingerprint density at radius 3 is 2.61 bits per heavy atom. The van der Waals surface area contributed by atoms with Crippen LogP contribution in [0.2, 0.25) is 5.15 Å². The van der Waals surface area contributed by atoms with E-state index in [-0.39, 0.29) is 0 Å². The van der Waals surface area contributed by atoms with E-state index in [2.05, 4.69) is 24.9 Å². The number of aromatic nitrogens is 7. The summed E-state index contributed by atoms with van der Waals surface area (Å²) in [5, 5.41) is 2.18. The second-order valence-electron chi connectivity index (χ2n) is 6.04. The molecule has 0 fully saturated rings. The van der Waals surface area contributed by atoms with Crippen LogP contribution in [0.25, 0.3) is 43.7 Å². The van der Waals surface area contributed by atoms with Gasteiger partial charge in [-0.3, -0.25) is 0 Å². The summed E-state index contributed by atoms with van der Waals surface area (Å²) < 4.78 is 1.98. The molecule has 0 bridgehead atoms. The van der Waals surface area contributed by atoms with Crippen LogP contribution in [0.15, 0.2) is 55.4 Å². The van der Waals surface area contributed by atoms with Crippen molar-refractivity contribution in [3.63, 3.8) is 0 Å². The summed E-state index contributed by atoms with van der Waals surface area (Å²) in [5.41, 5.74) is 3.32. The summed E-state index contributed by atoms with van der Waals surface area (Å²) in [6.45, 7) is 0. The van der Waals surface area contributed by atoms with Crippen molar-refractivity contribution in [2.75, 3.05) is 0 Å². The first-order valence-corrected chi connectivity index (χ1v) is 9.56. The molecule has 0 atom stereocenters. The highest BCUT2D eigenvalue weighted by Gasteiger charge is 2.17. The molecule has 5 heterocycles. The van der Waals surface area contributed by atoms with Crippen LogP contribution in [0.4, 0.5) is 0 Å². The van der Waals surface area contributed by atoms with Crippen LogP contribution in [-0.2, 0) is 7.05 Å². The van der Waals surface area contributed by atoms with Gasteiger partial charge in [-0.1, -0.05) is 11.6 Å². The molecule has 0 aliphatic carbocycles. The van der Waals surface area contributed by atoms with E-state index in [0.29, 0.717) is 11.0 Å². The molecule has 0 aliphatic rings. The molecule has 136 valence electrons. The number of hydrogen-bond donors (Lipinski definition) is 0. The Morgan fingerprint density at radius 2 is 1.82 bits per heavy atom. The number of rotatable bonds is 3. The maximum atomic E-state index is 6.41. The third-order valence-electron chi connectivity index (χ3n) is 4.30. The van der Waals surface area contributed by atoms with Crippen molar-refractivity contribution in [1.29, 1.82) is 0 Å². The molecule has 0 N–H and O–H groups in total. The predicted molar refractivity (Wildman–Crippen MR) is 109 cm³/mol. The molecular weight excluding hydrogens is 394 g/mol. The molecule has 9 heteroatoms. The lowest BCUT2D eigenvalue weighted by Gasteiger charge is -2.03. The first-order chi connectivity index (χ1) is 13.7. The van der Waals surface area contributed by atoms with Gasteiger partial charge in [0.25, 0.3) is 0 Å². The average Bonchev–Trinajstić information content (AvgIpc) is 3.29. The molecule has 5 aromatic heterocycles. The van der Waals surface area contributed by atoms with Crippen molar-refractivity contribution >= 4 is 34.0 Å². The first-order valence-electron chi connectivity index (χ1n) is 8.36. The minimum atomic E-state index is 0.413. The lowest BCUT2D eigenvalue weighted by molar-refractivity contribution is 0.940. The van der Waals surface area contributed by atoms with Crippen LogP contribution in [0.5, 0.6) is 0 Å². The van der Waals surface area contributed by atoms with E-state index >= 15 is 0 Å². The van der Waals surface area contributed by atoms with E-state index in [1.807, 2.05) is 29.8 Å². The molecule has 0 saturated carbocycles. The van der Waals surface area contributed by atoms with Crippen LogP contribution >= 0.6 is 22.9 Å². The molecule has 0 aromatic carbocycles. The summed E-state index contributed by atoms with van der Waals surface area (Å²) in [5.74, 6) is 0.659. The summed E-state index contributed by atoms with van der Waals surface area (Å²) in [6.07, 6.45) is 8.37. The standard InChI is InChI=1S/C19H12ClN7S/c1-27-14(17-23-5-2-6-24-17)7-11-3-4-13(25-18(11)27)15-16(20)26-19(28-15)12-8-21-10-22-9-12/h2-10H,1H3. The SMILES string of the molecule is Cn1c(-c2ncccn2)cc2ccc(-c3sc(-c4cncnc4)nc3Cl)nc21. The fourth-order valence-electron chi connectivity index (χ4n) is 2.96. The summed E-state index contributed by atoms with van der Waals surface area (Å²) in [7, 11) is 1.95. The third-order valence-corrected chi connectivity index (χ3v) is 5.81. The number of nitrogens with zero attached hydrogens (tertiary/aromatic N) is 7. The van der Waals surface area contributed by atoms with E-state index in [1.165, 1.54) is 17.7 Å². The number of fused-ring (bicyclic) bond motifs is 1. The maximum Gasteiger partial charge on any atom is 0.176 e. The largest absolute Gasteiger partial charge is 0.326 e. The fourth-order valence-corrected chi connectivity index (χ4v) is 4.21. The molecule has 0 spiro atoms. The van der Waals surface area contributed by atoms with Gasteiger partial charge in [0.2, 0.25) is 0 Å². The predicted octanol–water partition coefficient (Wildman–Crippen LogP) is 4.26. The van der Waals surface area contributed by atoms with Gasteiger partial charge in [-0.05, 0) is 24.3 Å². The Kier molecular flexibility index (Phi) is 4.07. The maximum absolute atomic E-state index is 6.41. The number of halogens is 1. The zero-order valence-corrected chi connectivity index (χ0v) is 16.2. The highest BCUT2D eigenvalue weighted by atomic mass is 35.5. The van der Waals surface area contributed by atoms with Crippen molar-refractivity contribution in [2.24, 2.45) is 7.05 Å². The van der Waals surface area contributed by atoms with Gasteiger partial charge in [0.1, 0.15) is 22.1 Å². The number of thiazole rings is 1. The van der Waals surface area contributed by atoms with Crippen molar-refractivity contribution in [3.05, 3.63) is 60.5 Å². The van der Waals surface area contributed by atoms with Gasteiger partial charge in [-0.25, -0.2) is 29.9 Å². The second kappa shape index (κ2) is 6.74. The topological polar surface area (TPSA) is 82.3 Å². The van der Waals surface area contributed by atoms with Crippen LogP contribution in [-0.4, -0.2) is 34.5 Å². The lowest BCUT2D eigenvalue weighted by Crippen LogP contribution is -1.96. The van der Waals surface area contributed by atoms with Gasteiger partial charge in [0.05, 0.1) is 16.3 Å². The van der Waals surface area contributed by atoms with E-state index < -0.39 is 0 Å². The van der Waals surface area contributed by atoms with Gasteiger partial charge in [-0.2, -0.15) is 0 Å². The smallest absolute Gasteiger partial charge is 0.176 e. The molecular formula is C19H12ClN7S. The van der Waals surface area contributed by atoms with Crippen LogP contribution in [0.3, 0.4) is 0 Å². The summed E-state index contributed by atoms with van der Waals surface area (Å²) in [6, 6.07) is 7.79. The Labute approximate surface area is 168 Å². The molecule has 0 aliphatic heterocycles. The quantitative estimate of drug-likeness (QED) is 0.446. The molecule has 7 nitrogen and oxygen atoms in total. The van der Waals surface area contributed by atoms with E-state index in [9.17, 15) is 0 Å². The van der Waals surface area contributed by atoms with Gasteiger partial charge < -0.3 is 4.57 Å². The Morgan fingerprint density at radius 1 is 1.04 bits per heavy atom.